The van der Waals surface area contributed by atoms with E-state index in [1.165, 1.54) is 0 Å². The Labute approximate surface area is 92.9 Å². The summed E-state index contributed by atoms with van der Waals surface area (Å²) in [5.74, 6) is -0.351. The molecule has 4 heteroatoms. The lowest BCUT2D eigenvalue weighted by Crippen LogP contribution is -2.07. The van der Waals surface area contributed by atoms with Crippen molar-refractivity contribution in [3.63, 3.8) is 0 Å². The number of carbonyl (C=O) groups is 1. The van der Waals surface area contributed by atoms with E-state index in [0.717, 1.165) is 10.9 Å². The second-order valence-electron chi connectivity index (χ2n) is 3.89. The van der Waals surface area contributed by atoms with Gasteiger partial charge in [-0.2, -0.15) is 0 Å². The van der Waals surface area contributed by atoms with Crippen LogP contribution in [0.3, 0.4) is 0 Å². The summed E-state index contributed by atoms with van der Waals surface area (Å²) in [6.07, 6.45) is 1.78. The number of aromatic nitrogens is 1. The highest BCUT2D eigenvalue weighted by molar-refractivity contribution is 5.96. The maximum absolute atomic E-state index is 10.9. The molecule has 1 aromatic heterocycles. The van der Waals surface area contributed by atoms with Crippen molar-refractivity contribution in [1.29, 1.82) is 0 Å². The SMILES string of the molecule is CC(C)Oc1cc(C(=O)O)cc2[nH]ccc12. The fraction of sp³-hybridized carbons (Fsp3) is 0.250. The molecule has 1 heterocycles. The van der Waals surface area contributed by atoms with Gasteiger partial charge in [-0.3, -0.25) is 0 Å². The predicted octanol–water partition coefficient (Wildman–Crippen LogP) is 2.65. The van der Waals surface area contributed by atoms with Crippen molar-refractivity contribution in [2.24, 2.45) is 0 Å². The summed E-state index contributed by atoms with van der Waals surface area (Å²) in [6, 6.07) is 5.03. The quantitative estimate of drug-likeness (QED) is 0.834. The zero-order chi connectivity index (χ0) is 11.7. The minimum Gasteiger partial charge on any atom is -0.490 e. The first-order chi connectivity index (χ1) is 7.58. The third-order valence-corrected chi connectivity index (χ3v) is 2.24. The molecule has 0 aliphatic rings. The summed E-state index contributed by atoms with van der Waals surface area (Å²) in [4.78, 5) is 13.9. The summed E-state index contributed by atoms with van der Waals surface area (Å²) >= 11 is 0. The van der Waals surface area contributed by atoms with E-state index in [1.807, 2.05) is 19.9 Å². The molecule has 0 saturated heterocycles. The standard InChI is InChI=1S/C12H13NO3/c1-7(2)16-11-6-8(12(14)15)5-10-9(11)3-4-13-10/h3-7,13H,1-2H3,(H,14,15). The van der Waals surface area contributed by atoms with E-state index in [2.05, 4.69) is 4.98 Å². The Morgan fingerprint density at radius 1 is 1.44 bits per heavy atom. The molecule has 84 valence electrons. The van der Waals surface area contributed by atoms with Crippen LogP contribution in [0, 0.1) is 0 Å². The number of aromatic carboxylic acids is 1. The van der Waals surface area contributed by atoms with Crippen LogP contribution in [-0.4, -0.2) is 22.2 Å². The van der Waals surface area contributed by atoms with E-state index >= 15 is 0 Å². The second kappa shape index (κ2) is 3.89. The molecule has 0 saturated carbocycles. The van der Waals surface area contributed by atoms with Crippen molar-refractivity contribution < 1.29 is 14.6 Å². The number of hydrogen-bond donors (Lipinski definition) is 2. The number of carboxylic acid groups (broad SMARTS) is 1. The first kappa shape index (κ1) is 10.5. The van der Waals surface area contributed by atoms with Gasteiger partial charge >= 0.3 is 5.97 Å². The minimum absolute atomic E-state index is 0.0159. The van der Waals surface area contributed by atoms with Crippen LogP contribution in [0.2, 0.25) is 0 Å². The van der Waals surface area contributed by atoms with E-state index < -0.39 is 5.97 Å². The van der Waals surface area contributed by atoms with Crippen LogP contribution in [0.5, 0.6) is 5.75 Å². The summed E-state index contributed by atoms with van der Waals surface area (Å²) < 4.78 is 5.59. The molecule has 1 aromatic carbocycles. The van der Waals surface area contributed by atoms with Crippen molar-refractivity contribution in [3.05, 3.63) is 30.0 Å². The van der Waals surface area contributed by atoms with Crippen molar-refractivity contribution >= 4 is 16.9 Å². The zero-order valence-electron chi connectivity index (χ0n) is 9.15. The van der Waals surface area contributed by atoms with Crippen LogP contribution >= 0.6 is 0 Å². The van der Waals surface area contributed by atoms with E-state index in [-0.39, 0.29) is 11.7 Å². The van der Waals surface area contributed by atoms with Gasteiger partial charge in [0.1, 0.15) is 5.75 Å². The molecule has 0 bridgehead atoms. The zero-order valence-corrected chi connectivity index (χ0v) is 9.15. The minimum atomic E-state index is -0.954. The van der Waals surface area contributed by atoms with E-state index in [4.69, 9.17) is 9.84 Å². The van der Waals surface area contributed by atoms with Gasteiger partial charge in [-0.05, 0) is 32.0 Å². The van der Waals surface area contributed by atoms with Gasteiger partial charge < -0.3 is 14.8 Å². The van der Waals surface area contributed by atoms with Crippen LogP contribution in [0.4, 0.5) is 0 Å². The smallest absolute Gasteiger partial charge is 0.335 e. The van der Waals surface area contributed by atoms with Gasteiger partial charge in [-0.15, -0.1) is 0 Å². The van der Waals surface area contributed by atoms with Gasteiger partial charge in [0.15, 0.2) is 0 Å². The Balaban J connectivity index is 2.59. The molecule has 16 heavy (non-hydrogen) atoms. The Morgan fingerprint density at radius 2 is 2.19 bits per heavy atom. The average Bonchev–Trinajstić information content (AvgIpc) is 2.64. The number of H-pyrrole nitrogens is 1. The van der Waals surface area contributed by atoms with Gasteiger partial charge in [0, 0.05) is 17.1 Å². The van der Waals surface area contributed by atoms with Gasteiger partial charge in [0.25, 0.3) is 0 Å². The number of nitrogens with one attached hydrogen (secondary N) is 1. The number of carboxylic acids is 1. The van der Waals surface area contributed by atoms with Crippen molar-refractivity contribution in [2.45, 2.75) is 20.0 Å². The lowest BCUT2D eigenvalue weighted by atomic mass is 10.1. The van der Waals surface area contributed by atoms with Crippen LogP contribution < -0.4 is 4.74 Å². The second-order valence-corrected chi connectivity index (χ2v) is 3.89. The summed E-state index contributed by atoms with van der Waals surface area (Å²) in [5.41, 5.74) is 1.00. The van der Waals surface area contributed by atoms with Crippen LogP contribution in [0.1, 0.15) is 24.2 Å². The fourth-order valence-corrected chi connectivity index (χ4v) is 1.61. The summed E-state index contributed by atoms with van der Waals surface area (Å²) in [6.45, 7) is 3.82. The Kier molecular flexibility index (Phi) is 2.56. The Morgan fingerprint density at radius 3 is 2.81 bits per heavy atom. The monoisotopic (exact) mass is 219 g/mol. The molecule has 0 aliphatic carbocycles. The van der Waals surface area contributed by atoms with E-state index in [9.17, 15) is 4.79 Å². The average molecular weight is 219 g/mol. The summed E-state index contributed by atoms with van der Waals surface area (Å²) in [5, 5.41) is 9.87. The number of aromatic amines is 1. The largest absolute Gasteiger partial charge is 0.490 e. The first-order valence-corrected chi connectivity index (χ1v) is 5.09. The first-order valence-electron chi connectivity index (χ1n) is 5.09. The molecule has 0 atom stereocenters. The van der Waals surface area contributed by atoms with Gasteiger partial charge in [-0.25, -0.2) is 4.79 Å². The number of fused-ring (bicyclic) bond motifs is 1. The molecule has 0 fully saturated rings. The topological polar surface area (TPSA) is 62.3 Å². The third-order valence-electron chi connectivity index (χ3n) is 2.24. The van der Waals surface area contributed by atoms with Crippen molar-refractivity contribution in [1.82, 2.24) is 4.98 Å². The number of benzene rings is 1. The van der Waals surface area contributed by atoms with E-state index in [0.29, 0.717) is 5.75 Å². The van der Waals surface area contributed by atoms with Crippen LogP contribution in [0.15, 0.2) is 24.4 Å². The van der Waals surface area contributed by atoms with Crippen LogP contribution in [-0.2, 0) is 0 Å². The van der Waals surface area contributed by atoms with E-state index in [1.54, 1.807) is 18.3 Å². The maximum atomic E-state index is 10.9. The number of ether oxygens (including phenoxy) is 1. The molecule has 4 nitrogen and oxygen atoms in total. The van der Waals surface area contributed by atoms with Crippen LogP contribution in [0.25, 0.3) is 10.9 Å². The molecule has 2 N–H and O–H groups in total. The van der Waals surface area contributed by atoms with Crippen molar-refractivity contribution in [2.75, 3.05) is 0 Å². The Hall–Kier alpha value is -1.97. The van der Waals surface area contributed by atoms with Gasteiger partial charge in [0.2, 0.25) is 0 Å². The highest BCUT2D eigenvalue weighted by Crippen LogP contribution is 2.27. The molecule has 0 unspecified atom stereocenters. The lowest BCUT2D eigenvalue weighted by Gasteiger charge is -2.11. The normalized spacial score (nSPS) is 10.9. The van der Waals surface area contributed by atoms with Crippen molar-refractivity contribution in [3.8, 4) is 5.75 Å². The molecule has 0 spiro atoms. The molecular weight excluding hydrogens is 206 g/mol. The van der Waals surface area contributed by atoms with Gasteiger partial charge in [-0.1, -0.05) is 0 Å². The molecule has 2 aromatic rings. The fourth-order valence-electron chi connectivity index (χ4n) is 1.61. The highest BCUT2D eigenvalue weighted by atomic mass is 16.5. The van der Waals surface area contributed by atoms with Gasteiger partial charge in [0.05, 0.1) is 11.7 Å². The number of hydrogen-bond acceptors (Lipinski definition) is 2. The molecule has 2 rings (SSSR count). The molecular formula is C12H13NO3. The molecule has 0 aliphatic heterocycles. The molecule has 0 amide bonds. The number of rotatable bonds is 3. The predicted molar refractivity (Wildman–Crippen MR) is 61.0 cm³/mol. The lowest BCUT2D eigenvalue weighted by molar-refractivity contribution is 0.0696. The molecule has 0 radical (unpaired) electrons. The Bertz CT molecular complexity index is 528. The maximum Gasteiger partial charge on any atom is 0.335 e. The third kappa shape index (κ3) is 1.86. The highest BCUT2D eigenvalue weighted by Gasteiger charge is 2.11. The summed E-state index contributed by atoms with van der Waals surface area (Å²) in [7, 11) is 0.